The molecule has 1 N–H and O–H groups in total. The van der Waals surface area contributed by atoms with Crippen molar-refractivity contribution in [2.24, 2.45) is 0 Å². The minimum absolute atomic E-state index is 0.0120. The van der Waals surface area contributed by atoms with Gasteiger partial charge in [-0.3, -0.25) is 13.9 Å². The summed E-state index contributed by atoms with van der Waals surface area (Å²) in [4.78, 5) is 29.8. The first-order valence-corrected chi connectivity index (χ1v) is 16.7. The van der Waals surface area contributed by atoms with E-state index < -0.39 is 28.5 Å². The third kappa shape index (κ3) is 8.65. The third-order valence-electron chi connectivity index (χ3n) is 7.16. The summed E-state index contributed by atoms with van der Waals surface area (Å²) in [5.41, 5.74) is 1.69. The molecule has 2 amide bonds. The summed E-state index contributed by atoms with van der Waals surface area (Å²) in [6.07, 6.45) is 0.924. The summed E-state index contributed by atoms with van der Waals surface area (Å²) in [6.45, 7) is 3.86. The Morgan fingerprint density at radius 3 is 2.13 bits per heavy atom. The highest BCUT2D eigenvalue weighted by atomic mass is 35.5. The maximum atomic E-state index is 14.6. The Kier molecular flexibility index (Phi) is 12.0. The number of para-hydroxylation sites is 2. The molecule has 0 aliphatic rings. The van der Waals surface area contributed by atoms with Crippen LogP contribution in [0.1, 0.15) is 31.4 Å². The van der Waals surface area contributed by atoms with Gasteiger partial charge in [-0.25, -0.2) is 8.42 Å². The summed E-state index contributed by atoms with van der Waals surface area (Å²) >= 11 is 6.55. The number of nitrogens with one attached hydrogen (secondary N) is 1. The van der Waals surface area contributed by atoms with E-state index in [1.165, 1.54) is 17.0 Å². The minimum Gasteiger partial charge on any atom is -0.492 e. The van der Waals surface area contributed by atoms with Gasteiger partial charge in [-0.05, 0) is 54.8 Å². The number of benzene rings is 4. The molecule has 8 nitrogen and oxygen atoms in total. The summed E-state index contributed by atoms with van der Waals surface area (Å²) in [6, 6.07) is 30.2. The molecule has 236 valence electrons. The summed E-state index contributed by atoms with van der Waals surface area (Å²) in [5, 5.41) is 3.37. The Balaban J connectivity index is 1.83. The number of hydrogen-bond donors (Lipinski definition) is 1. The second-order valence-corrected chi connectivity index (χ2v) is 12.6. The highest BCUT2D eigenvalue weighted by Crippen LogP contribution is 2.33. The molecule has 4 rings (SSSR count). The van der Waals surface area contributed by atoms with Gasteiger partial charge in [0.05, 0.1) is 17.2 Å². The van der Waals surface area contributed by atoms with Crippen molar-refractivity contribution in [2.75, 3.05) is 24.0 Å². The fraction of sp³-hybridized carbons (Fsp3) is 0.257. The van der Waals surface area contributed by atoms with Gasteiger partial charge in [0.1, 0.15) is 18.3 Å². The number of ether oxygens (including phenoxy) is 1. The summed E-state index contributed by atoms with van der Waals surface area (Å²) in [7, 11) is -4.24. The van der Waals surface area contributed by atoms with Crippen molar-refractivity contribution in [1.29, 1.82) is 0 Å². The molecule has 0 bridgehead atoms. The molecule has 0 fully saturated rings. The zero-order chi connectivity index (χ0) is 32.2. The monoisotopic (exact) mass is 647 g/mol. The van der Waals surface area contributed by atoms with Gasteiger partial charge < -0.3 is 15.0 Å². The maximum absolute atomic E-state index is 14.6. The normalized spacial score (nSPS) is 11.8. The van der Waals surface area contributed by atoms with Gasteiger partial charge in [0.2, 0.25) is 11.8 Å². The van der Waals surface area contributed by atoms with Crippen LogP contribution in [0.5, 0.6) is 5.75 Å². The summed E-state index contributed by atoms with van der Waals surface area (Å²) in [5.74, 6) is -0.604. The number of sulfonamides is 1. The van der Waals surface area contributed by atoms with E-state index in [2.05, 4.69) is 5.32 Å². The topological polar surface area (TPSA) is 96.0 Å². The number of halogens is 1. The van der Waals surface area contributed by atoms with Crippen molar-refractivity contribution >= 4 is 39.1 Å². The standard InChI is InChI=1S/C35H38ClN3O5S/c1-3-23-37-35(41)32(24-27-15-7-5-8-16-27)38(25-28-17-11-12-20-30(28)36)34(40)26-39(31-21-13-14-22-33(31)44-4-2)45(42,43)29-18-9-6-10-19-29/h5-22,32H,3-4,23-26H2,1-2H3,(H,37,41)/t32-/m1/s1. The zero-order valence-electron chi connectivity index (χ0n) is 25.4. The SMILES string of the molecule is CCCNC(=O)[C@@H](Cc1ccccc1)N(Cc1ccccc1Cl)C(=O)CN(c1ccccc1OCC)S(=O)(=O)c1ccccc1. The van der Waals surface area contributed by atoms with Crippen LogP contribution in [0.2, 0.25) is 5.02 Å². The predicted molar refractivity (Wildman–Crippen MR) is 178 cm³/mol. The first-order valence-electron chi connectivity index (χ1n) is 14.9. The van der Waals surface area contributed by atoms with Crippen LogP contribution in [0.3, 0.4) is 0 Å². The van der Waals surface area contributed by atoms with Gasteiger partial charge in [0, 0.05) is 24.5 Å². The number of anilines is 1. The Bertz CT molecular complexity index is 1670. The van der Waals surface area contributed by atoms with E-state index in [4.69, 9.17) is 16.3 Å². The van der Waals surface area contributed by atoms with Gasteiger partial charge in [-0.15, -0.1) is 0 Å². The lowest BCUT2D eigenvalue weighted by molar-refractivity contribution is -0.140. The van der Waals surface area contributed by atoms with Crippen LogP contribution in [0.4, 0.5) is 5.69 Å². The van der Waals surface area contributed by atoms with Crippen LogP contribution in [-0.4, -0.2) is 50.9 Å². The van der Waals surface area contributed by atoms with E-state index in [0.29, 0.717) is 35.9 Å². The van der Waals surface area contributed by atoms with Crippen LogP contribution >= 0.6 is 11.6 Å². The van der Waals surface area contributed by atoms with Crippen molar-refractivity contribution in [3.8, 4) is 5.75 Å². The van der Waals surface area contributed by atoms with Crippen LogP contribution < -0.4 is 14.4 Å². The van der Waals surface area contributed by atoms with Gasteiger partial charge in [0.25, 0.3) is 10.0 Å². The molecular weight excluding hydrogens is 610 g/mol. The van der Waals surface area contributed by atoms with Crippen LogP contribution in [0.15, 0.2) is 114 Å². The number of nitrogens with zero attached hydrogens (tertiary/aromatic N) is 2. The Morgan fingerprint density at radius 1 is 0.844 bits per heavy atom. The van der Waals surface area contributed by atoms with E-state index in [-0.39, 0.29) is 29.5 Å². The third-order valence-corrected chi connectivity index (χ3v) is 9.31. The summed E-state index contributed by atoms with van der Waals surface area (Å²) < 4.78 is 35.2. The Labute approximate surface area is 270 Å². The number of carbonyl (C=O) groups is 2. The van der Waals surface area contributed by atoms with E-state index in [1.807, 2.05) is 37.3 Å². The highest BCUT2D eigenvalue weighted by molar-refractivity contribution is 7.92. The number of carbonyl (C=O) groups excluding carboxylic acids is 2. The van der Waals surface area contributed by atoms with Crippen molar-refractivity contribution < 1.29 is 22.7 Å². The van der Waals surface area contributed by atoms with Crippen molar-refractivity contribution in [2.45, 2.75) is 44.2 Å². The molecule has 0 heterocycles. The second-order valence-electron chi connectivity index (χ2n) is 10.3. The zero-order valence-corrected chi connectivity index (χ0v) is 27.0. The fourth-order valence-electron chi connectivity index (χ4n) is 4.90. The van der Waals surface area contributed by atoms with E-state index >= 15 is 0 Å². The number of hydrogen-bond acceptors (Lipinski definition) is 5. The van der Waals surface area contributed by atoms with Crippen LogP contribution in [-0.2, 0) is 32.6 Å². The molecule has 0 aromatic heterocycles. The molecule has 0 aliphatic carbocycles. The molecule has 0 saturated carbocycles. The molecule has 0 aliphatic heterocycles. The lowest BCUT2D eigenvalue weighted by Crippen LogP contribution is -2.53. The molecule has 0 saturated heterocycles. The number of rotatable bonds is 15. The van der Waals surface area contributed by atoms with Gasteiger partial charge >= 0.3 is 0 Å². The second kappa shape index (κ2) is 16.1. The largest absolute Gasteiger partial charge is 0.492 e. The van der Waals surface area contributed by atoms with Gasteiger partial charge in [-0.2, -0.15) is 0 Å². The van der Waals surface area contributed by atoms with Crippen LogP contribution in [0.25, 0.3) is 0 Å². The Hall–Kier alpha value is -4.34. The lowest BCUT2D eigenvalue weighted by Gasteiger charge is -2.34. The average molecular weight is 648 g/mol. The molecular formula is C35H38ClN3O5S. The van der Waals surface area contributed by atoms with E-state index in [9.17, 15) is 18.0 Å². The quantitative estimate of drug-likeness (QED) is 0.168. The predicted octanol–water partition coefficient (Wildman–Crippen LogP) is 6.10. The smallest absolute Gasteiger partial charge is 0.264 e. The first kappa shape index (κ1) is 33.6. The molecule has 4 aromatic carbocycles. The van der Waals surface area contributed by atoms with Crippen LogP contribution in [0, 0.1) is 0 Å². The lowest BCUT2D eigenvalue weighted by atomic mass is 10.0. The molecule has 10 heteroatoms. The first-order chi connectivity index (χ1) is 21.8. The van der Waals surface area contributed by atoms with E-state index in [1.54, 1.807) is 73.7 Å². The van der Waals surface area contributed by atoms with Crippen molar-refractivity contribution in [3.05, 3.63) is 125 Å². The average Bonchev–Trinajstić information content (AvgIpc) is 3.06. The van der Waals surface area contributed by atoms with Crippen molar-refractivity contribution in [3.63, 3.8) is 0 Å². The highest BCUT2D eigenvalue weighted by Gasteiger charge is 2.35. The number of amides is 2. The molecule has 0 spiro atoms. The van der Waals surface area contributed by atoms with Gasteiger partial charge in [-0.1, -0.05) is 97.4 Å². The van der Waals surface area contributed by atoms with Gasteiger partial charge in [0.15, 0.2) is 0 Å². The Morgan fingerprint density at radius 2 is 1.47 bits per heavy atom. The molecule has 1 atom stereocenters. The minimum atomic E-state index is -4.24. The molecule has 45 heavy (non-hydrogen) atoms. The molecule has 0 unspecified atom stereocenters. The van der Waals surface area contributed by atoms with Crippen molar-refractivity contribution in [1.82, 2.24) is 10.2 Å². The maximum Gasteiger partial charge on any atom is 0.264 e. The van der Waals surface area contributed by atoms with E-state index in [0.717, 1.165) is 9.87 Å². The molecule has 4 aromatic rings. The molecule has 0 radical (unpaired) electrons. The fourth-order valence-corrected chi connectivity index (χ4v) is 6.55.